The molecule has 0 aliphatic heterocycles. The Morgan fingerprint density at radius 2 is 2.12 bits per heavy atom. The molecule has 0 saturated carbocycles. The predicted molar refractivity (Wildman–Crippen MR) is 102 cm³/mol. The summed E-state index contributed by atoms with van der Waals surface area (Å²) in [6, 6.07) is 0. The highest BCUT2D eigenvalue weighted by Crippen LogP contribution is 2.34. The second kappa shape index (κ2) is 8.22. The molecule has 1 amide bonds. The number of rotatable bonds is 6. The van der Waals surface area contributed by atoms with E-state index < -0.39 is 5.97 Å². The van der Waals surface area contributed by atoms with Crippen molar-refractivity contribution >= 4 is 45.2 Å². The van der Waals surface area contributed by atoms with Crippen molar-refractivity contribution in [3.05, 3.63) is 20.8 Å². The first-order valence-electron chi connectivity index (χ1n) is 8.57. The smallest absolute Gasteiger partial charge is 0.325 e. The molecule has 0 fully saturated rings. The molecule has 26 heavy (non-hydrogen) atoms. The number of hydrogen-bond acceptors (Lipinski definition) is 7. The molecule has 9 heteroatoms. The Kier molecular flexibility index (Phi) is 5.98. The SMILES string of the molecule is CCOC(=O)CNC(=O)CSc1nc2sc3c(c2c(=O)n1C)CCCC3. The fraction of sp³-hybridized carbons (Fsp3) is 0.529. The number of nitrogens with zero attached hydrogens (tertiary/aromatic N) is 2. The molecule has 0 unspecified atom stereocenters. The summed E-state index contributed by atoms with van der Waals surface area (Å²) in [5, 5.41) is 3.75. The lowest BCUT2D eigenvalue weighted by molar-refractivity contribution is -0.143. The van der Waals surface area contributed by atoms with Gasteiger partial charge in [0, 0.05) is 11.9 Å². The average Bonchev–Trinajstić information content (AvgIpc) is 3.00. The summed E-state index contributed by atoms with van der Waals surface area (Å²) >= 11 is 2.78. The van der Waals surface area contributed by atoms with E-state index in [9.17, 15) is 14.4 Å². The van der Waals surface area contributed by atoms with Crippen LogP contribution in [-0.2, 0) is 34.2 Å². The summed E-state index contributed by atoms with van der Waals surface area (Å²) in [5.41, 5.74) is 1.11. The van der Waals surface area contributed by atoms with Crippen LogP contribution in [0.15, 0.2) is 9.95 Å². The molecule has 1 aliphatic rings. The lowest BCUT2D eigenvalue weighted by atomic mass is 9.97. The zero-order valence-corrected chi connectivity index (χ0v) is 16.4. The van der Waals surface area contributed by atoms with Crippen molar-refractivity contribution in [3.8, 4) is 0 Å². The molecule has 7 nitrogen and oxygen atoms in total. The van der Waals surface area contributed by atoms with Crippen LogP contribution in [0.5, 0.6) is 0 Å². The van der Waals surface area contributed by atoms with Gasteiger partial charge in [0.2, 0.25) is 5.91 Å². The van der Waals surface area contributed by atoms with Crippen LogP contribution in [0.3, 0.4) is 0 Å². The minimum atomic E-state index is -0.470. The number of esters is 1. The maximum Gasteiger partial charge on any atom is 0.325 e. The van der Waals surface area contributed by atoms with Crippen LogP contribution in [0, 0.1) is 0 Å². The number of nitrogens with one attached hydrogen (secondary N) is 1. The highest BCUT2D eigenvalue weighted by Gasteiger charge is 2.21. The van der Waals surface area contributed by atoms with E-state index >= 15 is 0 Å². The van der Waals surface area contributed by atoms with Crippen molar-refractivity contribution in [2.45, 2.75) is 37.8 Å². The maximum atomic E-state index is 12.8. The Bertz CT molecular complexity index is 904. The summed E-state index contributed by atoms with van der Waals surface area (Å²) in [6.07, 6.45) is 4.22. The Morgan fingerprint density at radius 3 is 2.88 bits per heavy atom. The average molecular weight is 396 g/mol. The first-order valence-corrected chi connectivity index (χ1v) is 10.4. The molecule has 0 bridgehead atoms. The van der Waals surface area contributed by atoms with Crippen molar-refractivity contribution in [2.24, 2.45) is 7.05 Å². The van der Waals surface area contributed by atoms with Gasteiger partial charge in [-0.15, -0.1) is 11.3 Å². The molecule has 2 heterocycles. The summed E-state index contributed by atoms with van der Waals surface area (Å²) in [4.78, 5) is 42.6. The Balaban J connectivity index is 1.72. The van der Waals surface area contributed by atoms with Crippen LogP contribution in [0.2, 0.25) is 0 Å². The molecule has 1 N–H and O–H groups in total. The fourth-order valence-corrected chi connectivity index (χ4v) is 5.06. The Labute approximate surface area is 159 Å². The van der Waals surface area contributed by atoms with Crippen molar-refractivity contribution in [3.63, 3.8) is 0 Å². The number of thiophene rings is 1. The number of hydrogen-bond donors (Lipinski definition) is 1. The second-order valence-electron chi connectivity index (χ2n) is 6.02. The first-order chi connectivity index (χ1) is 12.5. The normalized spacial score (nSPS) is 13.5. The standard InChI is InChI=1S/C17H21N3O4S2/c1-3-24-13(22)8-18-12(21)9-25-17-19-15-14(16(23)20(17)2)10-6-4-5-7-11(10)26-15/h3-9H2,1-2H3,(H,18,21). The van der Waals surface area contributed by atoms with Gasteiger partial charge in [0.05, 0.1) is 17.7 Å². The van der Waals surface area contributed by atoms with E-state index in [1.807, 2.05) is 0 Å². The number of amides is 1. The van der Waals surface area contributed by atoms with Crippen molar-refractivity contribution in [1.29, 1.82) is 0 Å². The maximum absolute atomic E-state index is 12.8. The highest BCUT2D eigenvalue weighted by atomic mass is 32.2. The third-order valence-electron chi connectivity index (χ3n) is 4.22. The molecular formula is C17H21N3O4S2. The molecule has 0 spiro atoms. The van der Waals surface area contributed by atoms with E-state index in [-0.39, 0.29) is 30.4 Å². The summed E-state index contributed by atoms with van der Waals surface area (Å²) in [7, 11) is 1.68. The topological polar surface area (TPSA) is 90.3 Å². The monoisotopic (exact) mass is 395 g/mol. The van der Waals surface area contributed by atoms with Gasteiger partial charge in [-0.3, -0.25) is 19.0 Å². The number of carbonyl (C=O) groups is 2. The lowest BCUT2D eigenvalue weighted by Crippen LogP contribution is -2.32. The van der Waals surface area contributed by atoms with E-state index in [4.69, 9.17) is 4.74 Å². The minimum absolute atomic E-state index is 0.0520. The largest absolute Gasteiger partial charge is 0.465 e. The molecule has 0 radical (unpaired) electrons. The van der Waals surface area contributed by atoms with Crippen LogP contribution < -0.4 is 10.9 Å². The molecule has 2 aromatic rings. The second-order valence-corrected chi connectivity index (χ2v) is 8.05. The highest BCUT2D eigenvalue weighted by molar-refractivity contribution is 7.99. The van der Waals surface area contributed by atoms with Crippen LogP contribution in [0.1, 0.15) is 30.2 Å². The van der Waals surface area contributed by atoms with Crippen LogP contribution in [-0.4, -0.2) is 40.3 Å². The summed E-state index contributed by atoms with van der Waals surface area (Å²) in [5.74, 6) is -0.694. The quantitative estimate of drug-likeness (QED) is 0.454. The Hall–Kier alpha value is -1.87. The van der Waals surface area contributed by atoms with E-state index in [1.165, 1.54) is 21.2 Å². The molecule has 0 saturated heterocycles. The van der Waals surface area contributed by atoms with Crippen LogP contribution >= 0.6 is 23.1 Å². The van der Waals surface area contributed by atoms with Gasteiger partial charge < -0.3 is 10.1 Å². The van der Waals surface area contributed by atoms with E-state index in [0.717, 1.165) is 41.5 Å². The summed E-state index contributed by atoms with van der Waals surface area (Å²) < 4.78 is 6.27. The first kappa shape index (κ1) is 18.9. The number of ether oxygens (including phenoxy) is 1. The molecule has 0 aromatic carbocycles. The molecule has 3 rings (SSSR count). The Morgan fingerprint density at radius 1 is 1.35 bits per heavy atom. The van der Waals surface area contributed by atoms with Gasteiger partial charge in [-0.25, -0.2) is 4.98 Å². The van der Waals surface area contributed by atoms with Crippen LogP contribution in [0.4, 0.5) is 0 Å². The molecule has 1 aliphatic carbocycles. The van der Waals surface area contributed by atoms with Crippen molar-refractivity contribution in [2.75, 3.05) is 18.9 Å². The minimum Gasteiger partial charge on any atom is -0.465 e. The van der Waals surface area contributed by atoms with Gasteiger partial charge in [-0.1, -0.05) is 11.8 Å². The molecule has 0 atom stereocenters. The third kappa shape index (κ3) is 3.93. The third-order valence-corrected chi connectivity index (χ3v) is 6.44. The molecule has 2 aromatic heterocycles. The predicted octanol–water partition coefficient (Wildman–Crippen LogP) is 1.65. The van der Waals surface area contributed by atoms with E-state index in [1.54, 1.807) is 25.3 Å². The summed E-state index contributed by atoms with van der Waals surface area (Å²) in [6.45, 7) is 1.83. The van der Waals surface area contributed by atoms with Crippen LogP contribution in [0.25, 0.3) is 10.2 Å². The van der Waals surface area contributed by atoms with Crippen molar-refractivity contribution in [1.82, 2.24) is 14.9 Å². The number of aromatic nitrogens is 2. The zero-order valence-electron chi connectivity index (χ0n) is 14.8. The lowest BCUT2D eigenvalue weighted by Gasteiger charge is -2.11. The van der Waals surface area contributed by atoms with E-state index in [0.29, 0.717) is 5.16 Å². The molecular weight excluding hydrogens is 374 g/mol. The fourth-order valence-electron chi connectivity index (χ4n) is 2.96. The van der Waals surface area contributed by atoms with E-state index in [2.05, 4.69) is 10.3 Å². The van der Waals surface area contributed by atoms with Gasteiger partial charge in [-0.05, 0) is 38.2 Å². The number of carbonyl (C=O) groups excluding carboxylic acids is 2. The zero-order chi connectivity index (χ0) is 18.7. The van der Waals surface area contributed by atoms with Gasteiger partial charge >= 0.3 is 5.97 Å². The number of aryl methyl sites for hydroxylation is 2. The van der Waals surface area contributed by atoms with Gasteiger partial charge in [-0.2, -0.15) is 0 Å². The number of thioether (sulfide) groups is 1. The molecule has 140 valence electrons. The van der Waals surface area contributed by atoms with Gasteiger partial charge in [0.15, 0.2) is 5.16 Å². The van der Waals surface area contributed by atoms with Crippen molar-refractivity contribution < 1.29 is 14.3 Å². The van der Waals surface area contributed by atoms with Gasteiger partial charge in [0.1, 0.15) is 11.4 Å². The van der Waals surface area contributed by atoms with Gasteiger partial charge in [0.25, 0.3) is 5.56 Å². The number of fused-ring (bicyclic) bond motifs is 3.